The summed E-state index contributed by atoms with van der Waals surface area (Å²) in [7, 11) is 0. The van der Waals surface area contributed by atoms with Crippen molar-refractivity contribution < 1.29 is 9.53 Å². The molecule has 0 aromatic heterocycles. The second-order valence-corrected chi connectivity index (χ2v) is 4.04. The van der Waals surface area contributed by atoms with E-state index < -0.39 is 0 Å². The largest absolute Gasteiger partial charge is 0.459 e. The van der Waals surface area contributed by atoms with Crippen LogP contribution in [-0.2, 0) is 4.74 Å². The fraction of sp³-hybridized carbons (Fsp3) is 0.300. The molecule has 3 nitrogen and oxygen atoms in total. The van der Waals surface area contributed by atoms with Crippen molar-refractivity contribution in [2.45, 2.75) is 20.0 Å². The minimum Gasteiger partial charge on any atom is -0.459 e. The Hall–Kier alpha value is -1.03. The van der Waals surface area contributed by atoms with Crippen LogP contribution in [0.3, 0.4) is 0 Å². The van der Waals surface area contributed by atoms with Crippen LogP contribution in [0.1, 0.15) is 24.2 Å². The molecule has 76 valence electrons. The summed E-state index contributed by atoms with van der Waals surface area (Å²) in [4.78, 5) is 11.4. The number of hydrogen-bond donors (Lipinski definition) is 1. The van der Waals surface area contributed by atoms with Gasteiger partial charge in [0.1, 0.15) is 0 Å². The second kappa shape index (κ2) is 4.46. The molecule has 0 saturated carbocycles. The van der Waals surface area contributed by atoms with E-state index >= 15 is 0 Å². The van der Waals surface area contributed by atoms with Gasteiger partial charge in [-0.05, 0) is 48.0 Å². The van der Waals surface area contributed by atoms with Crippen molar-refractivity contribution >= 4 is 27.6 Å². The van der Waals surface area contributed by atoms with Crippen LogP contribution in [0, 0.1) is 0 Å². The van der Waals surface area contributed by atoms with E-state index in [-0.39, 0.29) is 12.1 Å². The van der Waals surface area contributed by atoms with Crippen LogP contribution in [0.2, 0.25) is 0 Å². The number of ether oxygens (including phenoxy) is 1. The standard InChI is InChI=1S/C10H12BrNO2/c1-6(2)14-10(13)7-3-4-9(12)8(11)5-7/h3-6H,12H2,1-2H3. The van der Waals surface area contributed by atoms with Crippen LogP contribution in [0.25, 0.3) is 0 Å². The molecule has 0 aliphatic heterocycles. The highest BCUT2D eigenvalue weighted by Gasteiger charge is 2.09. The molecule has 0 bridgehead atoms. The number of nitrogens with two attached hydrogens (primary N) is 1. The number of esters is 1. The Kier molecular flexibility index (Phi) is 3.52. The lowest BCUT2D eigenvalue weighted by Crippen LogP contribution is -2.11. The van der Waals surface area contributed by atoms with Gasteiger partial charge >= 0.3 is 5.97 Å². The van der Waals surface area contributed by atoms with Gasteiger partial charge in [0.25, 0.3) is 0 Å². The van der Waals surface area contributed by atoms with Crippen molar-refractivity contribution in [2.24, 2.45) is 0 Å². The minimum absolute atomic E-state index is 0.112. The van der Waals surface area contributed by atoms with Gasteiger partial charge in [-0.1, -0.05) is 0 Å². The molecular formula is C10H12BrNO2. The highest BCUT2D eigenvalue weighted by Crippen LogP contribution is 2.20. The van der Waals surface area contributed by atoms with Crippen LogP contribution in [-0.4, -0.2) is 12.1 Å². The van der Waals surface area contributed by atoms with Gasteiger partial charge < -0.3 is 10.5 Å². The normalized spacial score (nSPS) is 10.3. The maximum Gasteiger partial charge on any atom is 0.338 e. The zero-order valence-electron chi connectivity index (χ0n) is 8.08. The van der Waals surface area contributed by atoms with Gasteiger partial charge in [-0.3, -0.25) is 0 Å². The third kappa shape index (κ3) is 2.73. The van der Waals surface area contributed by atoms with E-state index in [1.165, 1.54) is 0 Å². The van der Waals surface area contributed by atoms with Gasteiger partial charge in [-0.15, -0.1) is 0 Å². The number of carbonyl (C=O) groups is 1. The highest BCUT2D eigenvalue weighted by molar-refractivity contribution is 9.10. The van der Waals surface area contributed by atoms with Crippen LogP contribution in [0.15, 0.2) is 22.7 Å². The molecule has 2 N–H and O–H groups in total. The van der Waals surface area contributed by atoms with Gasteiger partial charge in [-0.2, -0.15) is 0 Å². The quantitative estimate of drug-likeness (QED) is 0.655. The Labute approximate surface area is 91.4 Å². The monoisotopic (exact) mass is 257 g/mol. The fourth-order valence-corrected chi connectivity index (χ4v) is 1.32. The van der Waals surface area contributed by atoms with E-state index in [0.29, 0.717) is 15.7 Å². The first-order chi connectivity index (χ1) is 6.50. The molecule has 0 aliphatic rings. The van der Waals surface area contributed by atoms with Crippen molar-refractivity contribution in [3.8, 4) is 0 Å². The van der Waals surface area contributed by atoms with Gasteiger partial charge in [0.2, 0.25) is 0 Å². The zero-order valence-corrected chi connectivity index (χ0v) is 9.67. The van der Waals surface area contributed by atoms with E-state index in [9.17, 15) is 4.79 Å². The van der Waals surface area contributed by atoms with E-state index in [2.05, 4.69) is 15.9 Å². The third-order valence-electron chi connectivity index (χ3n) is 1.58. The highest BCUT2D eigenvalue weighted by atomic mass is 79.9. The van der Waals surface area contributed by atoms with Crippen molar-refractivity contribution in [1.29, 1.82) is 0 Å². The molecule has 0 radical (unpaired) electrons. The van der Waals surface area contributed by atoms with E-state index in [1.54, 1.807) is 18.2 Å². The number of hydrogen-bond acceptors (Lipinski definition) is 3. The molecule has 14 heavy (non-hydrogen) atoms. The number of carbonyl (C=O) groups excluding carboxylic acids is 1. The lowest BCUT2D eigenvalue weighted by Gasteiger charge is -2.08. The Morgan fingerprint density at radius 1 is 1.50 bits per heavy atom. The lowest BCUT2D eigenvalue weighted by molar-refractivity contribution is 0.0378. The zero-order chi connectivity index (χ0) is 10.7. The van der Waals surface area contributed by atoms with E-state index in [4.69, 9.17) is 10.5 Å². The van der Waals surface area contributed by atoms with Crippen molar-refractivity contribution in [3.63, 3.8) is 0 Å². The lowest BCUT2D eigenvalue weighted by atomic mass is 10.2. The summed E-state index contributed by atoms with van der Waals surface area (Å²) < 4.78 is 5.73. The fourth-order valence-electron chi connectivity index (χ4n) is 0.936. The molecule has 1 aromatic rings. The molecular weight excluding hydrogens is 246 g/mol. The summed E-state index contributed by atoms with van der Waals surface area (Å²) in [5.74, 6) is -0.333. The van der Waals surface area contributed by atoms with Crippen LogP contribution in [0.4, 0.5) is 5.69 Å². The summed E-state index contributed by atoms with van der Waals surface area (Å²) in [6.07, 6.45) is -0.112. The predicted octanol–water partition coefficient (Wildman–Crippen LogP) is 2.60. The smallest absolute Gasteiger partial charge is 0.338 e. The first kappa shape index (κ1) is 11.0. The number of benzene rings is 1. The number of halogens is 1. The summed E-state index contributed by atoms with van der Waals surface area (Å²) in [5.41, 5.74) is 6.69. The molecule has 0 heterocycles. The number of rotatable bonds is 2. The Morgan fingerprint density at radius 2 is 2.14 bits per heavy atom. The Balaban J connectivity index is 2.86. The molecule has 0 unspecified atom stereocenters. The summed E-state index contributed by atoms with van der Waals surface area (Å²) >= 11 is 3.25. The average molecular weight is 258 g/mol. The molecule has 0 aliphatic carbocycles. The molecule has 0 atom stereocenters. The van der Waals surface area contributed by atoms with E-state index in [1.807, 2.05) is 13.8 Å². The molecule has 0 spiro atoms. The molecule has 1 rings (SSSR count). The van der Waals surface area contributed by atoms with E-state index in [0.717, 1.165) is 0 Å². The minimum atomic E-state index is -0.333. The maximum absolute atomic E-state index is 11.4. The average Bonchev–Trinajstić information content (AvgIpc) is 2.08. The van der Waals surface area contributed by atoms with Crippen LogP contribution < -0.4 is 5.73 Å². The first-order valence-corrected chi connectivity index (χ1v) is 5.06. The molecule has 0 amide bonds. The number of anilines is 1. The summed E-state index contributed by atoms with van der Waals surface area (Å²) in [6, 6.07) is 4.96. The molecule has 1 aromatic carbocycles. The third-order valence-corrected chi connectivity index (χ3v) is 2.27. The topological polar surface area (TPSA) is 52.3 Å². The van der Waals surface area contributed by atoms with Gasteiger partial charge in [0.15, 0.2) is 0 Å². The van der Waals surface area contributed by atoms with Crippen molar-refractivity contribution in [1.82, 2.24) is 0 Å². The first-order valence-electron chi connectivity index (χ1n) is 4.26. The van der Waals surface area contributed by atoms with Crippen LogP contribution in [0.5, 0.6) is 0 Å². The van der Waals surface area contributed by atoms with Gasteiger partial charge in [0, 0.05) is 10.2 Å². The SMILES string of the molecule is CC(C)OC(=O)c1ccc(N)c(Br)c1. The van der Waals surface area contributed by atoms with Crippen molar-refractivity contribution in [3.05, 3.63) is 28.2 Å². The molecule has 0 fully saturated rings. The summed E-state index contributed by atoms with van der Waals surface area (Å²) in [5, 5.41) is 0. The van der Waals surface area contributed by atoms with Gasteiger partial charge in [0.05, 0.1) is 11.7 Å². The molecule has 0 saturated heterocycles. The Bertz CT molecular complexity index is 350. The summed E-state index contributed by atoms with van der Waals surface area (Å²) in [6.45, 7) is 3.62. The maximum atomic E-state index is 11.4. The second-order valence-electron chi connectivity index (χ2n) is 3.19. The molecule has 4 heteroatoms. The van der Waals surface area contributed by atoms with Crippen molar-refractivity contribution in [2.75, 3.05) is 5.73 Å². The van der Waals surface area contributed by atoms with Crippen LogP contribution >= 0.6 is 15.9 Å². The Morgan fingerprint density at radius 3 is 2.64 bits per heavy atom. The predicted molar refractivity (Wildman–Crippen MR) is 59.1 cm³/mol. The van der Waals surface area contributed by atoms with Gasteiger partial charge in [-0.25, -0.2) is 4.79 Å². The number of nitrogen functional groups attached to an aromatic ring is 1.